The summed E-state index contributed by atoms with van der Waals surface area (Å²) >= 11 is 1.74. The lowest BCUT2D eigenvalue weighted by molar-refractivity contribution is 1.00. The van der Waals surface area contributed by atoms with Crippen molar-refractivity contribution in [3.63, 3.8) is 0 Å². The molecule has 0 aliphatic rings. The van der Waals surface area contributed by atoms with Gasteiger partial charge in [0.15, 0.2) is 0 Å². The molecule has 1 aromatic rings. The fourth-order valence-electron chi connectivity index (χ4n) is 0.968. The zero-order valence-corrected chi connectivity index (χ0v) is 8.40. The van der Waals surface area contributed by atoms with E-state index in [-0.39, 0.29) is 0 Å². The summed E-state index contributed by atoms with van der Waals surface area (Å²) in [7, 11) is 1.87. The van der Waals surface area contributed by atoms with E-state index in [1.54, 1.807) is 18.1 Å². The largest absolute Gasteiger partial charge is 0.373 e. The van der Waals surface area contributed by atoms with Gasteiger partial charge in [-0.25, -0.2) is 9.97 Å². The van der Waals surface area contributed by atoms with Gasteiger partial charge in [-0.05, 0) is 12.7 Å². The monoisotopic (exact) mass is 183 g/mol. The highest BCUT2D eigenvalue weighted by Gasteiger charge is 2.03. The van der Waals surface area contributed by atoms with Crippen LogP contribution in [0, 0.1) is 6.92 Å². The molecule has 12 heavy (non-hydrogen) atoms. The summed E-state index contributed by atoms with van der Waals surface area (Å²) in [4.78, 5) is 8.29. The van der Waals surface area contributed by atoms with Crippen molar-refractivity contribution >= 4 is 17.6 Å². The van der Waals surface area contributed by atoms with E-state index in [2.05, 4.69) is 22.2 Å². The Morgan fingerprint density at radius 3 is 2.83 bits per heavy atom. The van der Waals surface area contributed by atoms with Gasteiger partial charge in [0.25, 0.3) is 0 Å². The van der Waals surface area contributed by atoms with E-state index >= 15 is 0 Å². The first-order chi connectivity index (χ1) is 5.79. The molecule has 0 spiro atoms. The third kappa shape index (κ3) is 1.88. The predicted octanol–water partition coefficient (Wildman–Crippen LogP) is 1.94. The van der Waals surface area contributed by atoms with Crippen molar-refractivity contribution in [2.24, 2.45) is 0 Å². The van der Waals surface area contributed by atoms with Crippen LogP contribution in [0.25, 0.3) is 0 Å². The molecule has 4 heteroatoms. The fourth-order valence-corrected chi connectivity index (χ4v) is 1.68. The number of nitrogens with zero attached hydrogens (tertiary/aromatic N) is 2. The zero-order chi connectivity index (χ0) is 8.97. The molecule has 0 fully saturated rings. The molecule has 1 N–H and O–H groups in total. The first-order valence-corrected chi connectivity index (χ1v) is 4.90. The third-order valence-corrected chi connectivity index (χ3v) is 2.53. The second-order valence-electron chi connectivity index (χ2n) is 2.34. The van der Waals surface area contributed by atoms with Gasteiger partial charge in [0.05, 0.1) is 0 Å². The molecule has 1 aromatic heterocycles. The summed E-state index contributed by atoms with van der Waals surface area (Å²) in [6.45, 7) is 4.15. The Morgan fingerprint density at radius 2 is 2.25 bits per heavy atom. The molecular formula is C8H13N3S. The van der Waals surface area contributed by atoms with E-state index in [9.17, 15) is 0 Å². The zero-order valence-electron chi connectivity index (χ0n) is 7.59. The van der Waals surface area contributed by atoms with Crippen molar-refractivity contribution in [3.05, 3.63) is 11.9 Å². The van der Waals surface area contributed by atoms with Gasteiger partial charge in [-0.3, -0.25) is 0 Å². The van der Waals surface area contributed by atoms with Crippen molar-refractivity contribution in [1.82, 2.24) is 9.97 Å². The molecule has 66 valence electrons. The third-order valence-electron chi connectivity index (χ3n) is 1.56. The Labute approximate surface area is 77.0 Å². The molecule has 3 nitrogen and oxygen atoms in total. The minimum absolute atomic E-state index is 0.918. The number of nitrogens with one attached hydrogen (secondary N) is 1. The maximum Gasteiger partial charge on any atom is 0.133 e. The quantitative estimate of drug-likeness (QED) is 0.574. The maximum atomic E-state index is 4.19. The summed E-state index contributed by atoms with van der Waals surface area (Å²) in [5.41, 5.74) is 1.13. The Bertz CT molecular complexity index is 262. The topological polar surface area (TPSA) is 37.8 Å². The SMILES string of the molecule is CCSc1ncnc(NC)c1C. The number of hydrogen-bond acceptors (Lipinski definition) is 4. The van der Waals surface area contributed by atoms with Crippen molar-refractivity contribution in [2.75, 3.05) is 18.1 Å². The van der Waals surface area contributed by atoms with Gasteiger partial charge in [0.2, 0.25) is 0 Å². The van der Waals surface area contributed by atoms with Gasteiger partial charge in [-0.1, -0.05) is 6.92 Å². The van der Waals surface area contributed by atoms with E-state index in [1.807, 2.05) is 14.0 Å². The molecule has 1 heterocycles. The Hall–Kier alpha value is -0.770. The first kappa shape index (κ1) is 9.32. The summed E-state index contributed by atoms with van der Waals surface area (Å²) in [6.07, 6.45) is 1.59. The molecule has 0 aromatic carbocycles. The fraction of sp³-hybridized carbons (Fsp3) is 0.500. The van der Waals surface area contributed by atoms with Crippen LogP contribution >= 0.6 is 11.8 Å². The van der Waals surface area contributed by atoms with Crippen molar-refractivity contribution in [1.29, 1.82) is 0 Å². The van der Waals surface area contributed by atoms with Crippen LogP contribution in [-0.4, -0.2) is 22.8 Å². The predicted molar refractivity (Wildman–Crippen MR) is 52.7 cm³/mol. The molecule has 1 rings (SSSR count). The van der Waals surface area contributed by atoms with Crippen molar-refractivity contribution < 1.29 is 0 Å². The molecule has 0 saturated heterocycles. The lowest BCUT2D eigenvalue weighted by atomic mass is 10.3. The van der Waals surface area contributed by atoms with Crippen LogP contribution in [0.2, 0.25) is 0 Å². The highest BCUT2D eigenvalue weighted by molar-refractivity contribution is 7.99. The van der Waals surface area contributed by atoms with Gasteiger partial charge >= 0.3 is 0 Å². The number of hydrogen-bond donors (Lipinski definition) is 1. The minimum Gasteiger partial charge on any atom is -0.373 e. The molecule has 0 aliphatic carbocycles. The highest BCUT2D eigenvalue weighted by Crippen LogP contribution is 2.22. The summed E-state index contributed by atoms with van der Waals surface area (Å²) in [5.74, 6) is 1.96. The van der Waals surface area contributed by atoms with Gasteiger partial charge < -0.3 is 5.32 Å². The molecule has 0 unspecified atom stereocenters. The average Bonchev–Trinajstić information content (AvgIpc) is 2.09. The molecule has 0 aliphatic heterocycles. The van der Waals surface area contributed by atoms with E-state index in [0.29, 0.717) is 0 Å². The standard InChI is InChI=1S/C8H13N3S/c1-4-12-8-6(2)7(9-3)10-5-11-8/h5H,4H2,1-3H3,(H,9,10,11). The summed E-state index contributed by atoms with van der Waals surface area (Å²) in [5, 5.41) is 4.10. The molecule has 0 atom stereocenters. The second kappa shape index (κ2) is 4.30. The van der Waals surface area contributed by atoms with Crippen molar-refractivity contribution in [2.45, 2.75) is 18.9 Å². The molecule has 0 amide bonds. The van der Waals surface area contributed by atoms with Crippen LogP contribution in [0.5, 0.6) is 0 Å². The average molecular weight is 183 g/mol. The highest BCUT2D eigenvalue weighted by atomic mass is 32.2. The molecular weight excluding hydrogens is 170 g/mol. The van der Waals surface area contributed by atoms with E-state index in [4.69, 9.17) is 0 Å². The lowest BCUT2D eigenvalue weighted by Crippen LogP contribution is -1.98. The molecule has 0 saturated carbocycles. The summed E-state index contributed by atoms with van der Waals surface area (Å²) in [6, 6.07) is 0. The van der Waals surface area contributed by atoms with E-state index in [1.165, 1.54) is 0 Å². The maximum absolute atomic E-state index is 4.19. The Kier molecular flexibility index (Phi) is 3.34. The van der Waals surface area contributed by atoms with Crippen molar-refractivity contribution in [3.8, 4) is 0 Å². The van der Waals surface area contributed by atoms with Gasteiger partial charge in [-0.15, -0.1) is 11.8 Å². The lowest BCUT2D eigenvalue weighted by Gasteiger charge is -2.06. The minimum atomic E-state index is 0.918. The first-order valence-electron chi connectivity index (χ1n) is 3.91. The summed E-state index contributed by atoms with van der Waals surface area (Å²) < 4.78 is 0. The smallest absolute Gasteiger partial charge is 0.133 e. The molecule has 0 bridgehead atoms. The van der Waals surface area contributed by atoms with Crippen LogP contribution in [-0.2, 0) is 0 Å². The van der Waals surface area contributed by atoms with Crippen LogP contribution in [0.15, 0.2) is 11.4 Å². The van der Waals surface area contributed by atoms with Crippen LogP contribution in [0.3, 0.4) is 0 Å². The van der Waals surface area contributed by atoms with E-state index in [0.717, 1.165) is 22.2 Å². The van der Waals surface area contributed by atoms with Crippen LogP contribution in [0.4, 0.5) is 5.82 Å². The Balaban J connectivity index is 2.97. The number of aromatic nitrogens is 2. The van der Waals surface area contributed by atoms with Gasteiger partial charge in [-0.2, -0.15) is 0 Å². The van der Waals surface area contributed by atoms with Crippen LogP contribution in [0.1, 0.15) is 12.5 Å². The number of thioether (sulfide) groups is 1. The van der Waals surface area contributed by atoms with E-state index < -0.39 is 0 Å². The number of rotatable bonds is 3. The van der Waals surface area contributed by atoms with Gasteiger partial charge in [0, 0.05) is 12.6 Å². The Morgan fingerprint density at radius 1 is 1.50 bits per heavy atom. The van der Waals surface area contributed by atoms with Crippen LogP contribution < -0.4 is 5.32 Å². The normalized spacial score (nSPS) is 9.92. The van der Waals surface area contributed by atoms with Gasteiger partial charge in [0.1, 0.15) is 17.2 Å². The molecule has 0 radical (unpaired) electrons. The number of anilines is 1. The second-order valence-corrected chi connectivity index (χ2v) is 3.59.